The fraction of sp³-hybridized carbons (Fsp3) is 0.323. The number of nitrogens with one attached hydrogen (secondary N) is 1. The van der Waals surface area contributed by atoms with Gasteiger partial charge in [0, 0.05) is 27.8 Å². The number of hydrogen-bond donors (Lipinski definition) is 1. The summed E-state index contributed by atoms with van der Waals surface area (Å²) in [5, 5.41) is 4.49. The Kier molecular flexibility index (Phi) is 8.17. The lowest BCUT2D eigenvalue weighted by atomic mass is 9.87. The molecule has 2 aromatic heterocycles. The summed E-state index contributed by atoms with van der Waals surface area (Å²) in [6.45, 7) is 10.8. The first-order chi connectivity index (χ1) is 18.0. The molecule has 7 heteroatoms. The number of nitrogens with zero attached hydrogens (tertiary/aromatic N) is 1. The lowest BCUT2D eigenvalue weighted by Gasteiger charge is -2.19. The van der Waals surface area contributed by atoms with E-state index in [0.717, 1.165) is 21.4 Å². The zero-order valence-electron chi connectivity index (χ0n) is 22.7. The standard InChI is InChI=1S/C31H34N2O4S/c1-19(2)28-14-13-25(38-28)17-27(30(35)36-6)33-29(34)26-16-20-7-10-24(15-21(20)18-32-26)37-23-11-8-22(9-12-23)31(3,4)5/h7-16,18-19,27H,17H2,1-6H3,(H,33,34)/t27-/m0/s1. The van der Waals surface area contributed by atoms with Crippen LogP contribution in [0, 0.1) is 0 Å². The number of rotatable bonds is 8. The van der Waals surface area contributed by atoms with E-state index in [1.807, 2.05) is 36.4 Å². The van der Waals surface area contributed by atoms with Gasteiger partial charge in [-0.1, -0.05) is 52.8 Å². The lowest BCUT2D eigenvalue weighted by molar-refractivity contribution is -0.142. The van der Waals surface area contributed by atoms with Crippen LogP contribution in [0.1, 0.15) is 66.3 Å². The summed E-state index contributed by atoms with van der Waals surface area (Å²) in [7, 11) is 1.32. The van der Waals surface area contributed by atoms with Crippen LogP contribution in [0.4, 0.5) is 0 Å². The molecule has 0 spiro atoms. The predicted octanol–water partition coefficient (Wildman–Crippen LogP) is 7.02. The second kappa shape index (κ2) is 11.4. The maximum absolute atomic E-state index is 13.0. The van der Waals surface area contributed by atoms with Crippen molar-refractivity contribution in [2.45, 2.75) is 58.4 Å². The molecule has 0 radical (unpaired) electrons. The van der Waals surface area contributed by atoms with Crippen LogP contribution in [-0.4, -0.2) is 30.0 Å². The van der Waals surface area contributed by atoms with E-state index >= 15 is 0 Å². The first-order valence-electron chi connectivity index (χ1n) is 12.7. The number of fused-ring (bicyclic) bond motifs is 1. The minimum Gasteiger partial charge on any atom is -0.467 e. The van der Waals surface area contributed by atoms with Crippen molar-refractivity contribution in [3.05, 3.63) is 87.9 Å². The van der Waals surface area contributed by atoms with Crippen molar-refractivity contribution >= 4 is 34.0 Å². The Balaban J connectivity index is 1.47. The summed E-state index contributed by atoms with van der Waals surface area (Å²) in [5.41, 5.74) is 1.55. The van der Waals surface area contributed by atoms with Crippen molar-refractivity contribution in [2.24, 2.45) is 0 Å². The molecular formula is C31H34N2O4S. The van der Waals surface area contributed by atoms with E-state index in [0.29, 0.717) is 18.1 Å². The summed E-state index contributed by atoms with van der Waals surface area (Å²) in [6, 6.07) is 18.7. The first-order valence-corrected chi connectivity index (χ1v) is 13.5. The molecule has 1 amide bonds. The van der Waals surface area contributed by atoms with Gasteiger partial charge < -0.3 is 14.8 Å². The third kappa shape index (κ3) is 6.58. The molecule has 0 unspecified atom stereocenters. The third-order valence-corrected chi connectivity index (χ3v) is 7.74. The number of ether oxygens (including phenoxy) is 2. The molecule has 0 aliphatic rings. The molecule has 0 saturated heterocycles. The highest BCUT2D eigenvalue weighted by Crippen LogP contribution is 2.29. The number of hydrogen-bond acceptors (Lipinski definition) is 6. The molecule has 0 fully saturated rings. The molecule has 0 aliphatic heterocycles. The minimum absolute atomic E-state index is 0.0786. The maximum atomic E-state index is 13.0. The Morgan fingerprint density at radius 2 is 1.66 bits per heavy atom. The van der Waals surface area contributed by atoms with Gasteiger partial charge in [-0.2, -0.15) is 0 Å². The zero-order chi connectivity index (χ0) is 27.4. The van der Waals surface area contributed by atoms with Crippen LogP contribution < -0.4 is 10.1 Å². The average Bonchev–Trinajstić information content (AvgIpc) is 3.36. The number of amides is 1. The van der Waals surface area contributed by atoms with Crippen molar-refractivity contribution in [2.75, 3.05) is 7.11 Å². The Bertz CT molecular complexity index is 1430. The molecule has 4 aromatic rings. The van der Waals surface area contributed by atoms with Crippen LogP contribution in [0.2, 0.25) is 0 Å². The Morgan fingerprint density at radius 3 is 2.29 bits per heavy atom. The number of methoxy groups -OCH3 is 1. The largest absolute Gasteiger partial charge is 0.467 e. The SMILES string of the molecule is COC(=O)[C@H](Cc1ccc(C(C)C)s1)NC(=O)c1cc2ccc(Oc3ccc(C(C)(C)C)cc3)cc2cn1. The van der Waals surface area contributed by atoms with Crippen molar-refractivity contribution < 1.29 is 19.1 Å². The molecule has 38 heavy (non-hydrogen) atoms. The van der Waals surface area contributed by atoms with Gasteiger partial charge in [0.15, 0.2) is 0 Å². The van der Waals surface area contributed by atoms with Crippen LogP contribution in [-0.2, 0) is 21.4 Å². The van der Waals surface area contributed by atoms with Gasteiger partial charge in [-0.25, -0.2) is 4.79 Å². The van der Waals surface area contributed by atoms with E-state index in [4.69, 9.17) is 9.47 Å². The van der Waals surface area contributed by atoms with Gasteiger partial charge in [0.1, 0.15) is 23.2 Å². The summed E-state index contributed by atoms with van der Waals surface area (Å²) < 4.78 is 11.0. The maximum Gasteiger partial charge on any atom is 0.328 e. The minimum atomic E-state index is -0.802. The fourth-order valence-corrected chi connectivity index (χ4v) is 5.11. The first kappa shape index (κ1) is 27.3. The highest BCUT2D eigenvalue weighted by atomic mass is 32.1. The van der Waals surface area contributed by atoms with E-state index < -0.39 is 17.9 Å². The molecule has 0 bridgehead atoms. The molecule has 6 nitrogen and oxygen atoms in total. The summed E-state index contributed by atoms with van der Waals surface area (Å²) >= 11 is 1.64. The number of carbonyl (C=O) groups excluding carboxylic acids is 2. The van der Waals surface area contributed by atoms with E-state index in [2.05, 4.69) is 63.1 Å². The van der Waals surface area contributed by atoms with E-state index in [1.165, 1.54) is 17.6 Å². The van der Waals surface area contributed by atoms with Crippen LogP contribution in [0.15, 0.2) is 66.9 Å². The number of pyridine rings is 1. The van der Waals surface area contributed by atoms with Gasteiger partial charge in [-0.05, 0) is 64.7 Å². The van der Waals surface area contributed by atoms with Crippen molar-refractivity contribution in [3.8, 4) is 11.5 Å². The Hall–Kier alpha value is -3.71. The molecule has 1 N–H and O–H groups in total. The van der Waals surface area contributed by atoms with Crippen molar-refractivity contribution in [3.63, 3.8) is 0 Å². The fourth-order valence-electron chi connectivity index (χ4n) is 4.05. The van der Waals surface area contributed by atoms with Crippen LogP contribution in [0.25, 0.3) is 10.8 Å². The predicted molar refractivity (Wildman–Crippen MR) is 152 cm³/mol. The number of aromatic nitrogens is 1. The molecule has 2 heterocycles. The van der Waals surface area contributed by atoms with Crippen LogP contribution in [0.3, 0.4) is 0 Å². The van der Waals surface area contributed by atoms with Gasteiger partial charge in [0.05, 0.1) is 7.11 Å². The number of benzene rings is 2. The van der Waals surface area contributed by atoms with E-state index in [-0.39, 0.29) is 11.1 Å². The normalized spacial score (nSPS) is 12.4. The highest BCUT2D eigenvalue weighted by Gasteiger charge is 2.24. The quantitative estimate of drug-likeness (QED) is 0.248. The third-order valence-electron chi connectivity index (χ3n) is 6.33. The highest BCUT2D eigenvalue weighted by molar-refractivity contribution is 7.12. The molecule has 2 aromatic carbocycles. The lowest BCUT2D eigenvalue weighted by Crippen LogP contribution is -2.43. The van der Waals surface area contributed by atoms with E-state index in [9.17, 15) is 9.59 Å². The topological polar surface area (TPSA) is 77.5 Å². The second-order valence-corrected chi connectivity index (χ2v) is 11.9. The molecule has 1 atom stereocenters. The monoisotopic (exact) mass is 530 g/mol. The Morgan fingerprint density at radius 1 is 0.947 bits per heavy atom. The number of esters is 1. The van der Waals surface area contributed by atoms with Gasteiger partial charge in [-0.15, -0.1) is 11.3 Å². The molecule has 4 rings (SSSR count). The summed E-state index contributed by atoms with van der Waals surface area (Å²) in [4.78, 5) is 32.0. The second-order valence-electron chi connectivity index (χ2n) is 10.7. The summed E-state index contributed by atoms with van der Waals surface area (Å²) in [5.74, 6) is 0.920. The average molecular weight is 531 g/mol. The Labute approximate surface area is 228 Å². The molecule has 198 valence electrons. The zero-order valence-corrected chi connectivity index (χ0v) is 23.5. The van der Waals surface area contributed by atoms with Crippen LogP contribution in [0.5, 0.6) is 11.5 Å². The number of carbonyl (C=O) groups is 2. The van der Waals surface area contributed by atoms with Gasteiger partial charge in [0.25, 0.3) is 5.91 Å². The van der Waals surface area contributed by atoms with E-state index in [1.54, 1.807) is 23.6 Å². The smallest absolute Gasteiger partial charge is 0.328 e. The molecule has 0 saturated carbocycles. The van der Waals surface area contributed by atoms with Gasteiger partial charge in [0.2, 0.25) is 0 Å². The van der Waals surface area contributed by atoms with Gasteiger partial charge in [-0.3, -0.25) is 9.78 Å². The molecule has 0 aliphatic carbocycles. The summed E-state index contributed by atoms with van der Waals surface area (Å²) in [6.07, 6.45) is 2.00. The van der Waals surface area contributed by atoms with Crippen molar-refractivity contribution in [1.82, 2.24) is 10.3 Å². The van der Waals surface area contributed by atoms with Crippen LogP contribution >= 0.6 is 11.3 Å². The number of thiophene rings is 1. The van der Waals surface area contributed by atoms with Crippen molar-refractivity contribution in [1.29, 1.82) is 0 Å². The van der Waals surface area contributed by atoms with Gasteiger partial charge >= 0.3 is 5.97 Å². The molecular weight excluding hydrogens is 496 g/mol.